The summed E-state index contributed by atoms with van der Waals surface area (Å²) >= 11 is 0. The molecule has 0 atom stereocenters. The molecule has 0 aliphatic carbocycles. The molecule has 0 saturated heterocycles. The predicted molar refractivity (Wildman–Crippen MR) is 108 cm³/mol. The first kappa shape index (κ1) is 20.5. The molecule has 29 heavy (non-hydrogen) atoms. The second kappa shape index (κ2) is 8.44. The molecule has 0 aliphatic rings. The summed E-state index contributed by atoms with van der Waals surface area (Å²) in [7, 11) is -2.32. The van der Waals surface area contributed by atoms with E-state index in [1.54, 1.807) is 31.2 Å². The Labute approximate surface area is 169 Å². The molecule has 1 amide bonds. The van der Waals surface area contributed by atoms with Crippen molar-refractivity contribution >= 4 is 21.6 Å². The number of carbonyl (C=O) groups is 1. The van der Waals surface area contributed by atoms with Gasteiger partial charge in [0, 0.05) is 25.6 Å². The van der Waals surface area contributed by atoms with Gasteiger partial charge in [-0.3, -0.25) is 9.10 Å². The van der Waals surface area contributed by atoms with E-state index in [-0.39, 0.29) is 16.4 Å². The van der Waals surface area contributed by atoms with Crippen LogP contribution in [0, 0.1) is 13.8 Å². The van der Waals surface area contributed by atoms with Gasteiger partial charge in [-0.1, -0.05) is 28.9 Å². The molecule has 152 valence electrons. The lowest BCUT2D eigenvalue weighted by molar-refractivity contribution is 0.0953. The van der Waals surface area contributed by atoms with Crippen LogP contribution in [-0.2, 0) is 16.4 Å². The van der Waals surface area contributed by atoms with Gasteiger partial charge in [0.1, 0.15) is 0 Å². The van der Waals surface area contributed by atoms with Gasteiger partial charge in [0.15, 0.2) is 5.82 Å². The zero-order valence-electron chi connectivity index (χ0n) is 16.4. The van der Waals surface area contributed by atoms with Gasteiger partial charge in [-0.15, -0.1) is 0 Å². The summed E-state index contributed by atoms with van der Waals surface area (Å²) in [4.78, 5) is 16.5. The van der Waals surface area contributed by atoms with E-state index in [0.717, 1.165) is 5.56 Å². The first-order chi connectivity index (χ1) is 13.8. The van der Waals surface area contributed by atoms with E-state index in [1.165, 1.54) is 23.5 Å². The molecule has 0 fully saturated rings. The Morgan fingerprint density at radius 1 is 1.14 bits per heavy atom. The van der Waals surface area contributed by atoms with Gasteiger partial charge in [-0.2, -0.15) is 4.98 Å². The fraction of sp³-hybridized carbons (Fsp3) is 0.250. The molecule has 3 rings (SSSR count). The van der Waals surface area contributed by atoms with E-state index in [9.17, 15) is 13.2 Å². The van der Waals surface area contributed by atoms with E-state index in [4.69, 9.17) is 4.52 Å². The van der Waals surface area contributed by atoms with Crippen molar-refractivity contribution < 1.29 is 17.7 Å². The van der Waals surface area contributed by atoms with Crippen LogP contribution in [0.1, 0.15) is 27.6 Å². The van der Waals surface area contributed by atoms with Crippen LogP contribution in [0.5, 0.6) is 0 Å². The highest BCUT2D eigenvalue weighted by Crippen LogP contribution is 2.23. The zero-order chi connectivity index (χ0) is 21.0. The molecule has 1 N–H and O–H groups in total. The summed E-state index contributed by atoms with van der Waals surface area (Å²) in [6.07, 6.45) is 0.390. The van der Waals surface area contributed by atoms with Crippen LogP contribution >= 0.6 is 0 Å². The Bertz CT molecular complexity index is 1110. The lowest BCUT2D eigenvalue weighted by Crippen LogP contribution is -2.28. The minimum absolute atomic E-state index is 0.0424. The van der Waals surface area contributed by atoms with E-state index in [2.05, 4.69) is 15.5 Å². The van der Waals surface area contributed by atoms with Crippen molar-refractivity contribution in [2.45, 2.75) is 25.2 Å². The molecule has 0 saturated carbocycles. The average Bonchev–Trinajstić information content (AvgIpc) is 3.13. The number of aryl methyl sites for hydroxylation is 2. The fourth-order valence-electron chi connectivity index (χ4n) is 2.68. The van der Waals surface area contributed by atoms with Crippen molar-refractivity contribution in [2.24, 2.45) is 0 Å². The Morgan fingerprint density at radius 3 is 2.52 bits per heavy atom. The third kappa shape index (κ3) is 4.80. The minimum Gasteiger partial charge on any atom is -0.352 e. The molecule has 0 radical (unpaired) electrons. The van der Waals surface area contributed by atoms with E-state index in [1.807, 2.05) is 19.1 Å². The highest BCUT2D eigenvalue weighted by atomic mass is 32.2. The summed E-state index contributed by atoms with van der Waals surface area (Å²) in [6, 6.07) is 13.1. The number of sulfonamides is 1. The number of nitrogens with one attached hydrogen (secondary N) is 1. The maximum Gasteiger partial charge on any atom is 0.264 e. The van der Waals surface area contributed by atoms with Gasteiger partial charge in [0.25, 0.3) is 15.9 Å². The first-order valence-electron chi connectivity index (χ1n) is 9.00. The van der Waals surface area contributed by atoms with Gasteiger partial charge in [0.2, 0.25) is 5.89 Å². The molecule has 1 aromatic heterocycles. The lowest BCUT2D eigenvalue weighted by Gasteiger charge is -2.20. The molecule has 1 heterocycles. The molecule has 0 bridgehead atoms. The molecule has 0 unspecified atom stereocenters. The normalized spacial score (nSPS) is 11.3. The smallest absolute Gasteiger partial charge is 0.264 e. The van der Waals surface area contributed by atoms with Crippen molar-refractivity contribution in [1.29, 1.82) is 0 Å². The van der Waals surface area contributed by atoms with Gasteiger partial charge in [-0.25, -0.2) is 8.42 Å². The molecule has 3 aromatic rings. The number of aromatic nitrogens is 2. The van der Waals surface area contributed by atoms with Crippen molar-refractivity contribution in [3.63, 3.8) is 0 Å². The Morgan fingerprint density at radius 2 is 1.86 bits per heavy atom. The molecule has 0 spiro atoms. The maximum atomic E-state index is 13.0. The molecule has 0 aliphatic heterocycles. The number of anilines is 1. The minimum atomic E-state index is -3.80. The number of nitrogens with zero attached hydrogens (tertiary/aromatic N) is 3. The number of hydrogen-bond donors (Lipinski definition) is 1. The third-order valence-electron chi connectivity index (χ3n) is 4.35. The standard InChI is InChI=1S/C20H22N4O4S/c1-14-7-9-17(10-8-14)24(3)29(26,27)18-6-4-5-16(13-18)20(25)21-12-11-19-22-15(2)23-28-19/h4-10,13H,11-12H2,1-3H3,(H,21,25). The van der Waals surface area contributed by atoms with Crippen LogP contribution in [0.2, 0.25) is 0 Å². The molecule has 8 nitrogen and oxygen atoms in total. The van der Waals surface area contributed by atoms with Crippen LogP contribution in [0.3, 0.4) is 0 Å². The second-order valence-corrected chi connectivity index (χ2v) is 8.55. The highest BCUT2D eigenvalue weighted by Gasteiger charge is 2.22. The number of rotatable bonds is 7. The fourth-order valence-corrected chi connectivity index (χ4v) is 3.92. The Hall–Kier alpha value is -3.20. The summed E-state index contributed by atoms with van der Waals surface area (Å²) in [5.74, 6) is 0.581. The molecular weight excluding hydrogens is 392 g/mol. The third-order valence-corrected chi connectivity index (χ3v) is 6.13. The first-order valence-corrected chi connectivity index (χ1v) is 10.4. The summed E-state index contributed by atoms with van der Waals surface area (Å²) < 4.78 is 32.1. The van der Waals surface area contributed by atoms with Crippen molar-refractivity contribution in [1.82, 2.24) is 15.5 Å². The van der Waals surface area contributed by atoms with Crippen LogP contribution in [-0.4, -0.2) is 38.1 Å². The van der Waals surface area contributed by atoms with E-state index in [0.29, 0.717) is 30.4 Å². The molecular formula is C20H22N4O4S. The van der Waals surface area contributed by atoms with Crippen molar-refractivity contribution in [2.75, 3.05) is 17.9 Å². The van der Waals surface area contributed by atoms with Gasteiger partial charge in [-0.05, 0) is 44.2 Å². The zero-order valence-corrected chi connectivity index (χ0v) is 17.2. The van der Waals surface area contributed by atoms with Crippen LogP contribution < -0.4 is 9.62 Å². The maximum absolute atomic E-state index is 13.0. The van der Waals surface area contributed by atoms with Gasteiger partial charge in [0.05, 0.1) is 10.6 Å². The Balaban J connectivity index is 1.71. The Kier molecular flexibility index (Phi) is 5.97. The number of amides is 1. The van der Waals surface area contributed by atoms with Crippen LogP contribution in [0.4, 0.5) is 5.69 Å². The monoisotopic (exact) mass is 414 g/mol. The van der Waals surface area contributed by atoms with Gasteiger partial charge >= 0.3 is 0 Å². The summed E-state index contributed by atoms with van der Waals surface area (Å²) in [5, 5.41) is 6.41. The van der Waals surface area contributed by atoms with Crippen molar-refractivity contribution in [3.05, 3.63) is 71.4 Å². The van der Waals surface area contributed by atoms with Gasteiger partial charge < -0.3 is 9.84 Å². The largest absolute Gasteiger partial charge is 0.352 e. The lowest BCUT2D eigenvalue weighted by atomic mass is 10.2. The van der Waals surface area contributed by atoms with E-state index >= 15 is 0 Å². The van der Waals surface area contributed by atoms with E-state index < -0.39 is 10.0 Å². The van der Waals surface area contributed by atoms with Crippen molar-refractivity contribution in [3.8, 4) is 0 Å². The summed E-state index contributed by atoms with van der Waals surface area (Å²) in [6.45, 7) is 3.94. The predicted octanol–water partition coefficient (Wildman–Crippen LogP) is 2.48. The van der Waals surface area contributed by atoms with Crippen LogP contribution in [0.15, 0.2) is 57.9 Å². The number of benzene rings is 2. The number of hydrogen-bond acceptors (Lipinski definition) is 6. The SMILES string of the molecule is Cc1ccc(N(C)S(=O)(=O)c2cccc(C(=O)NCCc3nc(C)no3)c2)cc1. The van der Waals surface area contributed by atoms with Crippen LogP contribution in [0.25, 0.3) is 0 Å². The number of carbonyl (C=O) groups excluding carboxylic acids is 1. The topological polar surface area (TPSA) is 105 Å². The highest BCUT2D eigenvalue weighted by molar-refractivity contribution is 7.92. The summed E-state index contributed by atoms with van der Waals surface area (Å²) in [5.41, 5.74) is 1.83. The average molecular weight is 414 g/mol. The second-order valence-electron chi connectivity index (χ2n) is 6.58. The quantitative estimate of drug-likeness (QED) is 0.637. The molecule has 9 heteroatoms. The molecule has 2 aromatic carbocycles.